The third-order valence-corrected chi connectivity index (χ3v) is 5.69. The summed E-state index contributed by atoms with van der Waals surface area (Å²) in [4.78, 5) is 5.04. The van der Waals surface area contributed by atoms with Gasteiger partial charge in [-0.15, -0.1) is 11.3 Å². The number of methoxy groups -OCH3 is 2. The van der Waals surface area contributed by atoms with Crippen LogP contribution in [0.2, 0.25) is 5.02 Å². The number of thiazole rings is 1. The Morgan fingerprint density at radius 2 is 2.00 bits per heavy atom. The summed E-state index contributed by atoms with van der Waals surface area (Å²) in [6.07, 6.45) is 1.74. The van der Waals surface area contributed by atoms with Gasteiger partial charge in [0.2, 0.25) is 0 Å². The van der Waals surface area contributed by atoms with Crippen LogP contribution in [0.25, 0.3) is 16.3 Å². The van der Waals surface area contributed by atoms with Crippen molar-refractivity contribution in [2.45, 2.75) is 4.34 Å². The van der Waals surface area contributed by atoms with Crippen LogP contribution in [-0.4, -0.2) is 19.2 Å². The lowest BCUT2D eigenvalue weighted by Crippen LogP contribution is -1.91. The van der Waals surface area contributed by atoms with Crippen molar-refractivity contribution in [2.75, 3.05) is 14.2 Å². The number of allylic oxidation sites excluding steroid dienone is 1. The Labute approximate surface area is 158 Å². The van der Waals surface area contributed by atoms with E-state index in [1.54, 1.807) is 43.8 Å². The average Bonchev–Trinajstić information content (AvgIpc) is 3.03. The molecule has 0 fully saturated rings. The van der Waals surface area contributed by atoms with E-state index in [0.29, 0.717) is 27.0 Å². The van der Waals surface area contributed by atoms with Crippen molar-refractivity contribution in [1.82, 2.24) is 4.98 Å². The number of fused-ring (bicyclic) bond motifs is 1. The van der Waals surface area contributed by atoms with Gasteiger partial charge in [-0.3, -0.25) is 0 Å². The normalized spacial score (nSPS) is 11.4. The fourth-order valence-electron chi connectivity index (χ4n) is 2.21. The first kappa shape index (κ1) is 17.6. The van der Waals surface area contributed by atoms with Crippen LogP contribution in [-0.2, 0) is 0 Å². The van der Waals surface area contributed by atoms with Gasteiger partial charge >= 0.3 is 0 Å². The highest BCUT2D eigenvalue weighted by Gasteiger charge is 2.11. The molecular weight excluding hydrogens is 376 g/mol. The zero-order valence-electron chi connectivity index (χ0n) is 13.4. The highest BCUT2D eigenvalue weighted by atomic mass is 35.5. The molecule has 1 heterocycles. The van der Waals surface area contributed by atoms with E-state index in [4.69, 9.17) is 21.1 Å². The Balaban J connectivity index is 1.95. The van der Waals surface area contributed by atoms with Crippen molar-refractivity contribution >= 4 is 51.0 Å². The minimum Gasteiger partial charge on any atom is -0.496 e. The van der Waals surface area contributed by atoms with Gasteiger partial charge in [0.15, 0.2) is 4.34 Å². The lowest BCUT2D eigenvalue weighted by molar-refractivity contribution is 0.394. The van der Waals surface area contributed by atoms with Crippen LogP contribution in [0, 0.1) is 11.3 Å². The third-order valence-electron chi connectivity index (χ3n) is 3.37. The third kappa shape index (κ3) is 3.90. The summed E-state index contributed by atoms with van der Waals surface area (Å²) in [7, 11) is 3.10. The van der Waals surface area contributed by atoms with Gasteiger partial charge in [-0.25, -0.2) is 4.98 Å². The molecule has 0 radical (unpaired) electrons. The lowest BCUT2D eigenvalue weighted by Gasteiger charge is -2.09. The molecule has 0 amide bonds. The number of rotatable bonds is 5. The summed E-state index contributed by atoms with van der Waals surface area (Å²) >= 11 is 9.06. The molecule has 0 aliphatic rings. The number of nitrogens with zero attached hydrogens (tertiary/aromatic N) is 2. The smallest absolute Gasteiger partial charge is 0.156 e. The first-order valence-corrected chi connectivity index (χ1v) is 9.22. The predicted octanol–water partition coefficient (Wildman–Crippen LogP) is 5.62. The topological polar surface area (TPSA) is 55.1 Å². The largest absolute Gasteiger partial charge is 0.496 e. The molecule has 0 aliphatic carbocycles. The summed E-state index contributed by atoms with van der Waals surface area (Å²) in [5.41, 5.74) is 1.64. The van der Waals surface area contributed by atoms with E-state index in [2.05, 4.69) is 11.1 Å². The second-order valence-corrected chi connectivity index (χ2v) is 7.63. The number of benzene rings is 2. The Morgan fingerprint density at radius 1 is 1.24 bits per heavy atom. The van der Waals surface area contributed by atoms with Gasteiger partial charge in [0.1, 0.15) is 17.6 Å². The molecule has 0 unspecified atom stereocenters. The Hall–Kier alpha value is -2.20. The monoisotopic (exact) mass is 388 g/mol. The fourth-order valence-corrected chi connectivity index (χ4v) is 4.43. The van der Waals surface area contributed by atoms with E-state index >= 15 is 0 Å². The maximum Gasteiger partial charge on any atom is 0.156 e. The van der Waals surface area contributed by atoms with Gasteiger partial charge in [-0.1, -0.05) is 23.7 Å². The van der Waals surface area contributed by atoms with E-state index < -0.39 is 0 Å². The molecule has 0 spiro atoms. The Kier molecular flexibility index (Phi) is 5.49. The van der Waals surface area contributed by atoms with E-state index in [1.165, 1.54) is 11.8 Å². The molecule has 4 nitrogen and oxygen atoms in total. The second kappa shape index (κ2) is 7.79. The maximum absolute atomic E-state index is 9.50. The molecule has 0 atom stereocenters. The van der Waals surface area contributed by atoms with Crippen molar-refractivity contribution in [3.8, 4) is 17.6 Å². The van der Waals surface area contributed by atoms with Crippen LogP contribution in [0.4, 0.5) is 0 Å². The first-order valence-electron chi connectivity index (χ1n) is 7.21. The summed E-state index contributed by atoms with van der Waals surface area (Å²) < 4.78 is 12.5. The lowest BCUT2D eigenvalue weighted by atomic mass is 10.1. The zero-order valence-corrected chi connectivity index (χ0v) is 15.8. The molecule has 0 aliphatic heterocycles. The van der Waals surface area contributed by atoms with Crippen LogP contribution < -0.4 is 9.47 Å². The summed E-state index contributed by atoms with van der Waals surface area (Å²) in [5.74, 6) is 1.10. The van der Waals surface area contributed by atoms with Gasteiger partial charge in [0.25, 0.3) is 0 Å². The van der Waals surface area contributed by atoms with Crippen molar-refractivity contribution in [3.05, 3.63) is 51.9 Å². The highest BCUT2D eigenvalue weighted by molar-refractivity contribution is 8.05. The molecule has 3 rings (SSSR count). The van der Waals surface area contributed by atoms with Crippen LogP contribution in [0.15, 0.2) is 45.6 Å². The molecule has 0 saturated carbocycles. The number of thioether (sulfide) groups is 1. The van der Waals surface area contributed by atoms with Crippen molar-refractivity contribution in [3.63, 3.8) is 0 Å². The highest BCUT2D eigenvalue weighted by Crippen LogP contribution is 2.37. The van der Waals surface area contributed by atoms with Gasteiger partial charge < -0.3 is 9.47 Å². The van der Waals surface area contributed by atoms with Crippen molar-refractivity contribution in [1.29, 1.82) is 5.26 Å². The molecule has 25 heavy (non-hydrogen) atoms. The molecule has 0 bridgehead atoms. The molecule has 7 heteroatoms. The van der Waals surface area contributed by atoms with E-state index in [9.17, 15) is 5.26 Å². The molecule has 1 aromatic heterocycles. The summed E-state index contributed by atoms with van der Waals surface area (Å²) in [6.45, 7) is 0. The van der Waals surface area contributed by atoms with E-state index in [1.807, 2.05) is 24.3 Å². The maximum atomic E-state index is 9.50. The molecule has 0 saturated heterocycles. The van der Waals surface area contributed by atoms with Gasteiger partial charge in [0, 0.05) is 11.6 Å². The van der Waals surface area contributed by atoms with Gasteiger partial charge in [-0.2, -0.15) is 5.26 Å². The minimum atomic E-state index is 0.455. The fraction of sp³-hybridized carbons (Fsp3) is 0.111. The summed E-state index contributed by atoms with van der Waals surface area (Å²) in [6, 6.07) is 13.5. The van der Waals surface area contributed by atoms with Crippen LogP contribution in [0.5, 0.6) is 11.5 Å². The Morgan fingerprint density at radius 3 is 2.68 bits per heavy atom. The number of hydrogen-bond donors (Lipinski definition) is 0. The predicted molar refractivity (Wildman–Crippen MR) is 104 cm³/mol. The number of aromatic nitrogens is 1. The number of nitriles is 1. The van der Waals surface area contributed by atoms with Crippen molar-refractivity contribution < 1.29 is 9.47 Å². The molecule has 0 N–H and O–H groups in total. The van der Waals surface area contributed by atoms with Gasteiger partial charge in [-0.05, 0) is 36.0 Å². The van der Waals surface area contributed by atoms with Crippen LogP contribution >= 0.6 is 34.7 Å². The summed E-state index contributed by atoms with van der Waals surface area (Å²) in [5, 5.41) is 9.95. The first-order chi connectivity index (χ1) is 12.1. The van der Waals surface area contributed by atoms with Crippen molar-refractivity contribution in [2.24, 2.45) is 0 Å². The molecular formula is C18H13ClN2O2S2. The quantitative estimate of drug-likeness (QED) is 0.419. The van der Waals surface area contributed by atoms with E-state index in [-0.39, 0.29) is 0 Å². The molecule has 126 valence electrons. The van der Waals surface area contributed by atoms with Crippen LogP contribution in [0.3, 0.4) is 0 Å². The van der Waals surface area contributed by atoms with Crippen LogP contribution in [0.1, 0.15) is 5.56 Å². The number of halogens is 1. The minimum absolute atomic E-state index is 0.455. The Bertz CT molecular complexity index is 959. The van der Waals surface area contributed by atoms with Gasteiger partial charge in [0.05, 0.1) is 34.4 Å². The standard InChI is InChI=1S/C18H13ClN2O2S2/c1-22-15-9-16(23-2)13(19)8-11(15)7-12(10-20)24-18-21-14-5-3-4-6-17(14)25-18/h3-9H,1-2H3/b12-7+. The number of para-hydroxylation sites is 1. The second-order valence-electron chi connectivity index (χ2n) is 4.90. The molecule has 3 aromatic rings. The number of ether oxygens (including phenoxy) is 2. The molecule has 2 aromatic carbocycles. The average molecular weight is 389 g/mol. The van der Waals surface area contributed by atoms with E-state index in [0.717, 1.165) is 14.6 Å². The zero-order chi connectivity index (χ0) is 17.8. The number of hydrogen-bond acceptors (Lipinski definition) is 6. The SMILES string of the molecule is COc1cc(OC)c(/C=C(\C#N)Sc2nc3ccccc3s2)cc1Cl.